The number of aryl methyl sites for hydroxylation is 1. The fraction of sp³-hybridized carbons (Fsp3) is 0.190. The number of benzene rings is 2. The van der Waals surface area contributed by atoms with E-state index in [1.165, 1.54) is 0 Å². The molecule has 0 radical (unpaired) electrons. The minimum absolute atomic E-state index is 0.195. The van der Waals surface area contributed by atoms with E-state index < -0.39 is 0 Å². The molecule has 0 atom stereocenters. The molecular weight excluding hydrogens is 338 g/mol. The highest BCUT2D eigenvalue weighted by Crippen LogP contribution is 2.17. The Balaban J connectivity index is 1.48. The van der Waals surface area contributed by atoms with E-state index in [2.05, 4.69) is 21.6 Å². The Morgan fingerprint density at radius 2 is 2.00 bits per heavy atom. The molecule has 1 aromatic heterocycles. The first kappa shape index (κ1) is 18.2. The van der Waals surface area contributed by atoms with Crippen molar-refractivity contribution in [3.05, 3.63) is 71.9 Å². The number of hydrogen-bond donors (Lipinski definition) is 2. The maximum absolute atomic E-state index is 12.3. The lowest BCUT2D eigenvalue weighted by Crippen LogP contribution is -2.32. The van der Waals surface area contributed by atoms with Crippen molar-refractivity contribution in [1.82, 2.24) is 15.1 Å². The Morgan fingerprint density at radius 1 is 1.19 bits per heavy atom. The van der Waals surface area contributed by atoms with Gasteiger partial charge in [-0.05, 0) is 37.1 Å². The molecule has 3 aromatic rings. The van der Waals surface area contributed by atoms with Gasteiger partial charge in [-0.2, -0.15) is 10.4 Å². The zero-order chi connectivity index (χ0) is 19.1. The lowest BCUT2D eigenvalue weighted by atomic mass is 10.1. The molecule has 0 saturated heterocycles. The minimum Gasteiger partial charge on any atom is -0.328 e. The van der Waals surface area contributed by atoms with Crippen molar-refractivity contribution in [3.63, 3.8) is 0 Å². The fourth-order valence-corrected chi connectivity index (χ4v) is 2.74. The average molecular weight is 359 g/mol. The Bertz CT molecular complexity index is 942. The second-order valence-electron chi connectivity index (χ2n) is 6.29. The number of aromatic nitrogens is 2. The topological polar surface area (TPSA) is 84.8 Å². The van der Waals surface area contributed by atoms with Crippen molar-refractivity contribution in [2.45, 2.75) is 12.8 Å². The number of carbonyl (C=O) groups excluding carboxylic acids is 1. The quantitative estimate of drug-likeness (QED) is 0.696. The Kier molecular flexibility index (Phi) is 5.85. The van der Waals surface area contributed by atoms with Crippen molar-refractivity contribution < 1.29 is 4.79 Å². The van der Waals surface area contributed by atoms with Crippen LogP contribution in [0.3, 0.4) is 0 Å². The van der Waals surface area contributed by atoms with Gasteiger partial charge in [-0.25, -0.2) is 4.79 Å². The van der Waals surface area contributed by atoms with E-state index in [0.29, 0.717) is 17.8 Å². The van der Waals surface area contributed by atoms with Gasteiger partial charge in [-0.15, -0.1) is 0 Å². The zero-order valence-electron chi connectivity index (χ0n) is 15.1. The zero-order valence-corrected chi connectivity index (χ0v) is 15.1. The minimum atomic E-state index is -0.195. The van der Waals surface area contributed by atoms with Crippen LogP contribution in [-0.4, -0.2) is 34.7 Å². The van der Waals surface area contributed by atoms with Gasteiger partial charge >= 0.3 is 6.03 Å². The summed E-state index contributed by atoms with van der Waals surface area (Å²) < 4.78 is 0. The largest absolute Gasteiger partial charge is 0.328 e. The predicted molar refractivity (Wildman–Crippen MR) is 105 cm³/mol. The molecule has 0 spiro atoms. The van der Waals surface area contributed by atoms with Crippen LogP contribution < -0.4 is 5.32 Å². The second kappa shape index (κ2) is 8.68. The number of carbonyl (C=O) groups is 1. The fourth-order valence-electron chi connectivity index (χ4n) is 2.74. The number of aromatic amines is 1. The number of hydrogen-bond acceptors (Lipinski definition) is 3. The first-order valence-corrected chi connectivity index (χ1v) is 8.77. The molecule has 0 aliphatic heterocycles. The molecule has 2 amide bonds. The molecule has 0 fully saturated rings. The monoisotopic (exact) mass is 359 g/mol. The first-order chi connectivity index (χ1) is 13.2. The molecule has 0 aliphatic carbocycles. The Labute approximate surface area is 158 Å². The van der Waals surface area contributed by atoms with Gasteiger partial charge in [0.1, 0.15) is 0 Å². The number of nitriles is 1. The van der Waals surface area contributed by atoms with Crippen LogP contribution in [0.15, 0.2) is 60.7 Å². The van der Waals surface area contributed by atoms with Gasteiger partial charge in [0, 0.05) is 30.5 Å². The van der Waals surface area contributed by atoms with Crippen LogP contribution in [0.5, 0.6) is 0 Å². The second-order valence-corrected chi connectivity index (χ2v) is 6.29. The van der Waals surface area contributed by atoms with Crippen LogP contribution in [0.2, 0.25) is 0 Å². The number of nitrogens with zero attached hydrogens (tertiary/aromatic N) is 3. The lowest BCUT2D eigenvalue weighted by molar-refractivity contribution is 0.222. The van der Waals surface area contributed by atoms with E-state index in [4.69, 9.17) is 5.26 Å². The maximum atomic E-state index is 12.3. The van der Waals surface area contributed by atoms with Crippen LogP contribution >= 0.6 is 0 Å². The third-order valence-corrected chi connectivity index (χ3v) is 4.23. The number of nitrogens with one attached hydrogen (secondary N) is 2. The summed E-state index contributed by atoms with van der Waals surface area (Å²) in [4.78, 5) is 13.9. The highest BCUT2D eigenvalue weighted by atomic mass is 16.2. The molecule has 1 heterocycles. The molecular formula is C21H21N5O. The third-order valence-electron chi connectivity index (χ3n) is 4.23. The summed E-state index contributed by atoms with van der Waals surface area (Å²) >= 11 is 0. The molecule has 6 heteroatoms. The van der Waals surface area contributed by atoms with Crippen LogP contribution in [0.1, 0.15) is 17.7 Å². The van der Waals surface area contributed by atoms with E-state index in [9.17, 15) is 4.79 Å². The Hall–Kier alpha value is -3.59. The normalized spacial score (nSPS) is 10.2. The summed E-state index contributed by atoms with van der Waals surface area (Å²) in [6.45, 7) is 0.615. The van der Waals surface area contributed by atoms with Gasteiger partial charge in [0.2, 0.25) is 0 Å². The van der Waals surface area contributed by atoms with Crippen molar-refractivity contribution in [2.24, 2.45) is 0 Å². The molecule has 3 rings (SSSR count). The van der Waals surface area contributed by atoms with Crippen LogP contribution in [0, 0.1) is 11.3 Å². The highest BCUT2D eigenvalue weighted by Gasteiger charge is 2.10. The number of amides is 2. The number of anilines is 1. The summed E-state index contributed by atoms with van der Waals surface area (Å²) in [5, 5.41) is 19.1. The van der Waals surface area contributed by atoms with Gasteiger partial charge < -0.3 is 10.2 Å². The van der Waals surface area contributed by atoms with Crippen molar-refractivity contribution >= 4 is 11.7 Å². The number of rotatable bonds is 6. The molecule has 6 nitrogen and oxygen atoms in total. The van der Waals surface area contributed by atoms with Gasteiger partial charge in [0.25, 0.3) is 0 Å². The molecule has 0 saturated carbocycles. The molecule has 0 unspecified atom stereocenters. The van der Waals surface area contributed by atoms with Crippen molar-refractivity contribution in [3.8, 4) is 17.3 Å². The summed E-state index contributed by atoms with van der Waals surface area (Å²) in [7, 11) is 1.76. The van der Waals surface area contributed by atoms with E-state index in [1.54, 1.807) is 36.2 Å². The van der Waals surface area contributed by atoms with E-state index in [-0.39, 0.29) is 6.03 Å². The highest BCUT2D eigenvalue weighted by molar-refractivity contribution is 5.89. The molecule has 2 N–H and O–H groups in total. The van der Waals surface area contributed by atoms with Crippen LogP contribution in [0.25, 0.3) is 11.3 Å². The van der Waals surface area contributed by atoms with E-state index in [1.807, 2.05) is 36.4 Å². The average Bonchev–Trinajstić information content (AvgIpc) is 3.17. The molecule has 136 valence electrons. The number of H-pyrrole nitrogens is 1. The molecule has 0 aliphatic rings. The predicted octanol–water partition coefficient (Wildman–Crippen LogP) is 4.04. The van der Waals surface area contributed by atoms with Gasteiger partial charge in [-0.3, -0.25) is 5.10 Å². The summed E-state index contributed by atoms with van der Waals surface area (Å²) in [5.74, 6) is 0. The maximum Gasteiger partial charge on any atom is 0.321 e. The molecule has 2 aromatic carbocycles. The van der Waals surface area contributed by atoms with Gasteiger partial charge in [-0.1, -0.05) is 36.4 Å². The van der Waals surface area contributed by atoms with Crippen LogP contribution in [0.4, 0.5) is 10.5 Å². The third kappa shape index (κ3) is 4.95. The van der Waals surface area contributed by atoms with Gasteiger partial charge in [0.15, 0.2) is 0 Å². The molecule has 27 heavy (non-hydrogen) atoms. The Morgan fingerprint density at radius 3 is 2.78 bits per heavy atom. The molecule has 0 bridgehead atoms. The number of urea groups is 1. The summed E-state index contributed by atoms with van der Waals surface area (Å²) in [6, 6.07) is 20.8. The lowest BCUT2D eigenvalue weighted by Gasteiger charge is -2.17. The summed E-state index contributed by atoms with van der Waals surface area (Å²) in [5.41, 5.74) is 4.19. The first-order valence-electron chi connectivity index (χ1n) is 8.77. The van der Waals surface area contributed by atoms with E-state index in [0.717, 1.165) is 29.8 Å². The SMILES string of the molecule is CN(CCCc1cc(-c2ccccc2)n[nH]1)C(=O)Nc1cccc(C#N)c1. The van der Waals surface area contributed by atoms with Crippen LogP contribution in [-0.2, 0) is 6.42 Å². The summed E-state index contributed by atoms with van der Waals surface area (Å²) in [6.07, 6.45) is 1.62. The van der Waals surface area contributed by atoms with Gasteiger partial charge in [0.05, 0.1) is 17.3 Å². The standard InChI is InChI=1S/C21H21N5O/c1-26(21(27)23-18-10-5-7-16(13-18)15-22)12-6-11-19-14-20(25-24-19)17-8-3-2-4-9-17/h2-5,7-10,13-14H,6,11-12H2,1H3,(H,23,27)(H,24,25). The van der Waals surface area contributed by atoms with Crippen molar-refractivity contribution in [1.29, 1.82) is 5.26 Å². The smallest absolute Gasteiger partial charge is 0.321 e. The van der Waals surface area contributed by atoms with E-state index >= 15 is 0 Å². The van der Waals surface area contributed by atoms with Crippen molar-refractivity contribution in [2.75, 3.05) is 18.9 Å².